The first-order valence-electron chi connectivity index (χ1n) is 8.01. The molecule has 136 valence electrons. The van der Waals surface area contributed by atoms with Crippen molar-refractivity contribution in [3.8, 4) is 0 Å². The number of nitrogens with one attached hydrogen (secondary N) is 1. The second-order valence-corrected chi connectivity index (χ2v) is 7.86. The summed E-state index contributed by atoms with van der Waals surface area (Å²) in [7, 11) is 0. The molecule has 1 unspecified atom stereocenters. The minimum absolute atomic E-state index is 0.0446. The van der Waals surface area contributed by atoms with Crippen molar-refractivity contribution in [2.75, 3.05) is 13.2 Å². The molecule has 0 aliphatic carbocycles. The van der Waals surface area contributed by atoms with Gasteiger partial charge in [0.1, 0.15) is 11.4 Å². The zero-order valence-corrected chi connectivity index (χ0v) is 15.7. The lowest BCUT2D eigenvalue weighted by atomic mass is 9.73. The number of ether oxygens (including phenoxy) is 1. The molecule has 1 aromatic rings. The molecule has 0 spiro atoms. The van der Waals surface area contributed by atoms with Gasteiger partial charge in [0.05, 0.1) is 11.6 Å². The van der Waals surface area contributed by atoms with Gasteiger partial charge in [-0.1, -0.05) is 31.5 Å². The fourth-order valence-corrected chi connectivity index (χ4v) is 2.59. The standard InChI is InChI=1S/C18H27ClFNO3/c1-12(2)18(11-22,10-21-16(23)24-17(3,4)5)9-13-6-7-15(20)14(19)8-13/h6-8,12,22H,9-11H2,1-5H3,(H,21,23). The molecule has 4 nitrogen and oxygen atoms in total. The van der Waals surface area contributed by atoms with Crippen LogP contribution >= 0.6 is 11.6 Å². The summed E-state index contributed by atoms with van der Waals surface area (Å²) in [6, 6.07) is 4.50. The van der Waals surface area contributed by atoms with Gasteiger partial charge in [-0.05, 0) is 50.8 Å². The summed E-state index contributed by atoms with van der Waals surface area (Å²) in [6.45, 7) is 9.41. The molecule has 1 rings (SSSR count). The third-order valence-electron chi connectivity index (χ3n) is 4.06. The number of hydrogen-bond acceptors (Lipinski definition) is 3. The molecule has 1 atom stereocenters. The van der Waals surface area contributed by atoms with Crippen LogP contribution in [0, 0.1) is 17.2 Å². The molecule has 1 amide bonds. The lowest BCUT2D eigenvalue weighted by Gasteiger charge is -2.36. The van der Waals surface area contributed by atoms with Gasteiger partial charge in [0, 0.05) is 12.0 Å². The van der Waals surface area contributed by atoms with Gasteiger partial charge in [-0.15, -0.1) is 0 Å². The monoisotopic (exact) mass is 359 g/mol. The second-order valence-electron chi connectivity index (χ2n) is 7.46. The van der Waals surface area contributed by atoms with E-state index in [0.29, 0.717) is 6.42 Å². The van der Waals surface area contributed by atoms with E-state index in [1.807, 2.05) is 13.8 Å². The van der Waals surface area contributed by atoms with Crippen molar-refractivity contribution in [2.24, 2.45) is 11.3 Å². The Morgan fingerprint density at radius 3 is 2.46 bits per heavy atom. The Labute approximate surface area is 148 Å². The van der Waals surface area contributed by atoms with Crippen molar-refractivity contribution < 1.29 is 19.0 Å². The Morgan fingerprint density at radius 2 is 2.00 bits per heavy atom. The minimum Gasteiger partial charge on any atom is -0.444 e. The van der Waals surface area contributed by atoms with E-state index in [1.165, 1.54) is 6.07 Å². The fraction of sp³-hybridized carbons (Fsp3) is 0.611. The molecule has 6 heteroatoms. The lowest BCUT2D eigenvalue weighted by molar-refractivity contribution is 0.0394. The Hall–Kier alpha value is -1.33. The van der Waals surface area contributed by atoms with E-state index in [9.17, 15) is 14.3 Å². The molecule has 0 bridgehead atoms. The summed E-state index contributed by atoms with van der Waals surface area (Å²) in [6.07, 6.45) is -0.0742. The third-order valence-corrected chi connectivity index (χ3v) is 4.35. The Morgan fingerprint density at radius 1 is 1.38 bits per heavy atom. The number of hydrogen-bond donors (Lipinski definition) is 2. The van der Waals surface area contributed by atoms with Crippen LogP contribution < -0.4 is 5.32 Å². The van der Waals surface area contributed by atoms with E-state index in [2.05, 4.69) is 5.32 Å². The van der Waals surface area contributed by atoms with E-state index in [1.54, 1.807) is 32.9 Å². The number of aliphatic hydroxyl groups excluding tert-OH is 1. The summed E-state index contributed by atoms with van der Waals surface area (Å²) in [4.78, 5) is 11.9. The molecule has 0 radical (unpaired) electrons. The van der Waals surface area contributed by atoms with E-state index >= 15 is 0 Å². The average molecular weight is 360 g/mol. The molecule has 0 aliphatic heterocycles. The Kier molecular flexibility index (Phi) is 7.05. The number of rotatable bonds is 6. The van der Waals surface area contributed by atoms with Crippen molar-refractivity contribution >= 4 is 17.7 Å². The molecule has 0 aliphatic rings. The van der Waals surface area contributed by atoms with Gasteiger partial charge in [-0.2, -0.15) is 0 Å². The zero-order chi connectivity index (χ0) is 18.5. The van der Waals surface area contributed by atoms with Gasteiger partial charge >= 0.3 is 6.09 Å². The van der Waals surface area contributed by atoms with Crippen LogP contribution in [0.2, 0.25) is 5.02 Å². The van der Waals surface area contributed by atoms with E-state index in [4.69, 9.17) is 16.3 Å². The molecule has 0 aromatic heterocycles. The van der Waals surface area contributed by atoms with Crippen molar-refractivity contribution in [1.29, 1.82) is 0 Å². The summed E-state index contributed by atoms with van der Waals surface area (Å²) >= 11 is 5.84. The summed E-state index contributed by atoms with van der Waals surface area (Å²) < 4.78 is 18.6. The quantitative estimate of drug-likeness (QED) is 0.801. The third kappa shape index (κ3) is 5.95. The first kappa shape index (κ1) is 20.7. The first-order valence-corrected chi connectivity index (χ1v) is 8.38. The number of carbonyl (C=O) groups excluding carboxylic acids is 1. The van der Waals surface area contributed by atoms with Crippen LogP contribution in [0.5, 0.6) is 0 Å². The van der Waals surface area contributed by atoms with Crippen LogP contribution in [0.1, 0.15) is 40.2 Å². The normalized spacial score (nSPS) is 14.4. The molecule has 0 heterocycles. The second kappa shape index (κ2) is 8.17. The van der Waals surface area contributed by atoms with Crippen LogP contribution in [0.4, 0.5) is 9.18 Å². The fourth-order valence-electron chi connectivity index (χ4n) is 2.38. The highest BCUT2D eigenvalue weighted by atomic mass is 35.5. The molecule has 1 aromatic carbocycles. The predicted molar refractivity (Wildman–Crippen MR) is 93.7 cm³/mol. The average Bonchev–Trinajstić information content (AvgIpc) is 2.45. The van der Waals surface area contributed by atoms with Crippen LogP contribution in [0.15, 0.2) is 18.2 Å². The summed E-state index contributed by atoms with van der Waals surface area (Å²) in [5.74, 6) is -0.410. The van der Waals surface area contributed by atoms with Crippen LogP contribution in [-0.2, 0) is 11.2 Å². The van der Waals surface area contributed by atoms with Crippen LogP contribution in [0.3, 0.4) is 0 Å². The van der Waals surface area contributed by atoms with Crippen molar-refractivity contribution in [3.63, 3.8) is 0 Å². The van der Waals surface area contributed by atoms with Crippen LogP contribution in [-0.4, -0.2) is 30.0 Å². The number of benzene rings is 1. The van der Waals surface area contributed by atoms with Gasteiger partial charge in [0.15, 0.2) is 0 Å². The van der Waals surface area contributed by atoms with Gasteiger partial charge in [0.2, 0.25) is 0 Å². The topological polar surface area (TPSA) is 58.6 Å². The van der Waals surface area contributed by atoms with E-state index in [-0.39, 0.29) is 24.1 Å². The van der Waals surface area contributed by atoms with E-state index in [0.717, 1.165) is 5.56 Å². The predicted octanol–water partition coefficient (Wildman–Crippen LogP) is 4.18. The molecule has 0 saturated heterocycles. The summed E-state index contributed by atoms with van der Waals surface area (Å²) in [5.41, 5.74) is -0.387. The van der Waals surface area contributed by atoms with Crippen molar-refractivity contribution in [3.05, 3.63) is 34.6 Å². The van der Waals surface area contributed by atoms with Gasteiger partial charge in [0.25, 0.3) is 0 Å². The molecular weight excluding hydrogens is 333 g/mol. The molecular formula is C18H27ClFNO3. The maximum absolute atomic E-state index is 13.3. The first-order chi connectivity index (χ1) is 11.0. The van der Waals surface area contributed by atoms with Crippen LogP contribution in [0.25, 0.3) is 0 Å². The van der Waals surface area contributed by atoms with E-state index < -0.39 is 22.9 Å². The van der Waals surface area contributed by atoms with Crippen molar-refractivity contribution in [2.45, 2.75) is 46.6 Å². The zero-order valence-electron chi connectivity index (χ0n) is 15.0. The SMILES string of the molecule is CC(C)C(CO)(CNC(=O)OC(C)(C)C)Cc1ccc(F)c(Cl)c1. The lowest BCUT2D eigenvalue weighted by Crippen LogP contribution is -2.46. The highest BCUT2D eigenvalue weighted by Crippen LogP contribution is 2.32. The molecule has 24 heavy (non-hydrogen) atoms. The number of carbonyl (C=O) groups is 1. The van der Waals surface area contributed by atoms with Gasteiger partial charge in [-0.25, -0.2) is 9.18 Å². The number of halogens is 2. The molecule has 0 fully saturated rings. The van der Waals surface area contributed by atoms with Gasteiger partial charge in [-0.3, -0.25) is 0 Å². The molecule has 0 saturated carbocycles. The smallest absolute Gasteiger partial charge is 0.407 e. The highest BCUT2D eigenvalue weighted by molar-refractivity contribution is 6.30. The Balaban J connectivity index is 2.89. The maximum atomic E-state index is 13.3. The number of amides is 1. The number of alkyl carbamates (subject to hydrolysis) is 1. The Bertz CT molecular complexity index is 572. The minimum atomic E-state index is -0.599. The largest absolute Gasteiger partial charge is 0.444 e. The summed E-state index contributed by atoms with van der Waals surface area (Å²) in [5, 5.41) is 12.8. The van der Waals surface area contributed by atoms with Crippen molar-refractivity contribution in [1.82, 2.24) is 5.32 Å². The maximum Gasteiger partial charge on any atom is 0.407 e. The number of aliphatic hydroxyl groups is 1. The highest BCUT2D eigenvalue weighted by Gasteiger charge is 2.34. The molecule has 2 N–H and O–H groups in total. The van der Waals surface area contributed by atoms with Gasteiger partial charge < -0.3 is 15.2 Å².